The lowest BCUT2D eigenvalue weighted by atomic mass is 9.67. The molecule has 1 amide bonds. The van der Waals surface area contributed by atoms with Crippen LogP contribution in [0.4, 0.5) is 0 Å². The highest BCUT2D eigenvalue weighted by Crippen LogP contribution is 2.43. The number of hydrogen-bond donors (Lipinski definition) is 1. The standard InChI is InChI=1S/C14H17ClINO/c1-2-14(6-3-7-14)9-17-13(18)10-4-5-12(16)11(15)8-10/h4-5,8H,2-3,6-7,9H2,1H3,(H,17,18). The van der Waals surface area contributed by atoms with Crippen molar-refractivity contribution in [1.82, 2.24) is 5.32 Å². The Morgan fingerprint density at radius 3 is 2.72 bits per heavy atom. The first-order valence-corrected chi connectivity index (χ1v) is 7.75. The highest BCUT2D eigenvalue weighted by Gasteiger charge is 2.35. The third-order valence-electron chi connectivity index (χ3n) is 3.97. The lowest BCUT2D eigenvalue weighted by Gasteiger charge is -2.41. The molecule has 0 aromatic heterocycles. The largest absolute Gasteiger partial charge is 0.351 e. The van der Waals surface area contributed by atoms with E-state index >= 15 is 0 Å². The van der Waals surface area contributed by atoms with E-state index in [2.05, 4.69) is 34.8 Å². The van der Waals surface area contributed by atoms with Gasteiger partial charge >= 0.3 is 0 Å². The van der Waals surface area contributed by atoms with Crippen molar-refractivity contribution >= 4 is 40.1 Å². The van der Waals surface area contributed by atoms with Gasteiger partial charge in [0.1, 0.15) is 0 Å². The van der Waals surface area contributed by atoms with Gasteiger partial charge < -0.3 is 5.32 Å². The number of hydrogen-bond acceptors (Lipinski definition) is 1. The van der Waals surface area contributed by atoms with Gasteiger partial charge in [-0.25, -0.2) is 0 Å². The second-order valence-corrected chi connectivity index (χ2v) is 6.59. The fraction of sp³-hybridized carbons (Fsp3) is 0.500. The van der Waals surface area contributed by atoms with Crippen molar-refractivity contribution in [2.45, 2.75) is 32.6 Å². The van der Waals surface area contributed by atoms with E-state index in [4.69, 9.17) is 11.6 Å². The van der Waals surface area contributed by atoms with Crippen molar-refractivity contribution in [3.8, 4) is 0 Å². The Labute approximate surface area is 127 Å². The Morgan fingerprint density at radius 2 is 2.22 bits per heavy atom. The van der Waals surface area contributed by atoms with Crippen molar-refractivity contribution in [3.63, 3.8) is 0 Å². The van der Waals surface area contributed by atoms with Crippen molar-refractivity contribution in [3.05, 3.63) is 32.4 Å². The van der Waals surface area contributed by atoms with Crippen LogP contribution < -0.4 is 5.32 Å². The fourth-order valence-electron chi connectivity index (χ4n) is 2.34. The molecule has 1 saturated carbocycles. The average molecular weight is 378 g/mol. The zero-order valence-electron chi connectivity index (χ0n) is 10.4. The number of rotatable bonds is 4. The van der Waals surface area contributed by atoms with Crippen LogP contribution in [0.2, 0.25) is 5.02 Å². The number of nitrogens with one attached hydrogen (secondary N) is 1. The normalized spacial score (nSPS) is 17.1. The Kier molecular flexibility index (Phi) is 4.54. The lowest BCUT2D eigenvalue weighted by molar-refractivity contribution is 0.0850. The first-order valence-electron chi connectivity index (χ1n) is 6.29. The maximum absolute atomic E-state index is 12.0. The molecule has 1 aromatic carbocycles. The van der Waals surface area contributed by atoms with Gasteiger partial charge in [-0.1, -0.05) is 24.9 Å². The number of carbonyl (C=O) groups excluding carboxylic acids is 1. The summed E-state index contributed by atoms with van der Waals surface area (Å²) in [4.78, 5) is 12.0. The molecule has 0 heterocycles. The summed E-state index contributed by atoms with van der Waals surface area (Å²) in [7, 11) is 0. The molecule has 0 atom stereocenters. The molecule has 0 aliphatic heterocycles. The van der Waals surface area contributed by atoms with Gasteiger partial charge in [-0.15, -0.1) is 0 Å². The molecule has 1 aromatic rings. The Hall–Kier alpha value is -0.290. The van der Waals surface area contributed by atoms with Gasteiger partial charge in [-0.3, -0.25) is 4.79 Å². The predicted octanol–water partition coefficient (Wildman–Crippen LogP) is 4.25. The van der Waals surface area contributed by atoms with Crippen LogP contribution in [0.3, 0.4) is 0 Å². The SMILES string of the molecule is CCC1(CNC(=O)c2ccc(I)c(Cl)c2)CCC1. The van der Waals surface area contributed by atoms with E-state index in [0.29, 0.717) is 16.0 Å². The molecule has 2 nitrogen and oxygen atoms in total. The Balaban J connectivity index is 1.97. The Morgan fingerprint density at radius 1 is 1.50 bits per heavy atom. The average Bonchev–Trinajstić information content (AvgIpc) is 2.31. The molecule has 0 radical (unpaired) electrons. The van der Waals surface area contributed by atoms with E-state index in [1.807, 2.05) is 12.1 Å². The summed E-state index contributed by atoms with van der Waals surface area (Å²) in [6, 6.07) is 5.43. The summed E-state index contributed by atoms with van der Waals surface area (Å²) in [5, 5.41) is 3.68. The summed E-state index contributed by atoms with van der Waals surface area (Å²) in [5.74, 6) is -0.0203. The molecule has 0 unspecified atom stereocenters. The molecular formula is C14H17ClINO. The molecule has 98 valence electrons. The van der Waals surface area contributed by atoms with Gasteiger partial charge in [-0.2, -0.15) is 0 Å². The van der Waals surface area contributed by atoms with Gasteiger partial charge in [0.2, 0.25) is 0 Å². The molecule has 4 heteroatoms. The topological polar surface area (TPSA) is 29.1 Å². The maximum Gasteiger partial charge on any atom is 0.251 e. The number of halogens is 2. The summed E-state index contributed by atoms with van der Waals surface area (Å²) in [6.45, 7) is 2.99. The quantitative estimate of drug-likeness (QED) is 0.781. The van der Waals surface area contributed by atoms with Crippen LogP contribution >= 0.6 is 34.2 Å². The molecule has 0 bridgehead atoms. The van der Waals surface area contributed by atoms with Crippen LogP contribution in [0.15, 0.2) is 18.2 Å². The molecule has 2 rings (SSSR count). The Bertz CT molecular complexity index is 452. The van der Waals surface area contributed by atoms with E-state index in [0.717, 1.165) is 16.5 Å². The van der Waals surface area contributed by atoms with Crippen LogP contribution in [0.1, 0.15) is 43.0 Å². The highest BCUT2D eigenvalue weighted by atomic mass is 127. The molecule has 0 spiro atoms. The molecule has 1 N–H and O–H groups in total. The smallest absolute Gasteiger partial charge is 0.251 e. The second kappa shape index (κ2) is 5.78. The van der Waals surface area contributed by atoms with Crippen LogP contribution in [0.5, 0.6) is 0 Å². The zero-order valence-corrected chi connectivity index (χ0v) is 13.3. The monoisotopic (exact) mass is 377 g/mol. The fourth-order valence-corrected chi connectivity index (χ4v) is 2.86. The molecule has 1 aliphatic rings. The van der Waals surface area contributed by atoms with Gasteiger partial charge in [-0.05, 0) is 65.5 Å². The molecule has 18 heavy (non-hydrogen) atoms. The third-order valence-corrected chi connectivity index (χ3v) is 5.54. The summed E-state index contributed by atoms with van der Waals surface area (Å²) < 4.78 is 0.967. The molecule has 0 saturated heterocycles. The summed E-state index contributed by atoms with van der Waals surface area (Å²) in [5.41, 5.74) is 0.994. The van der Waals surface area contributed by atoms with Crippen LogP contribution in [0.25, 0.3) is 0 Å². The minimum atomic E-state index is -0.0203. The van der Waals surface area contributed by atoms with E-state index in [-0.39, 0.29) is 5.91 Å². The third kappa shape index (κ3) is 2.99. The van der Waals surface area contributed by atoms with E-state index in [1.54, 1.807) is 6.07 Å². The molecule has 1 aliphatic carbocycles. The second-order valence-electron chi connectivity index (χ2n) is 5.02. The summed E-state index contributed by atoms with van der Waals surface area (Å²) in [6.07, 6.45) is 4.90. The minimum absolute atomic E-state index is 0.0203. The highest BCUT2D eigenvalue weighted by molar-refractivity contribution is 14.1. The van der Waals surface area contributed by atoms with Gasteiger partial charge in [0.25, 0.3) is 5.91 Å². The van der Waals surface area contributed by atoms with Crippen molar-refractivity contribution < 1.29 is 4.79 Å². The van der Waals surface area contributed by atoms with Crippen molar-refractivity contribution in [2.75, 3.05) is 6.54 Å². The predicted molar refractivity (Wildman–Crippen MR) is 83.1 cm³/mol. The lowest BCUT2D eigenvalue weighted by Crippen LogP contribution is -2.41. The zero-order chi connectivity index (χ0) is 13.2. The van der Waals surface area contributed by atoms with Crippen LogP contribution in [0, 0.1) is 8.99 Å². The number of benzene rings is 1. The summed E-state index contributed by atoms with van der Waals surface area (Å²) >= 11 is 8.18. The minimum Gasteiger partial charge on any atom is -0.351 e. The van der Waals surface area contributed by atoms with Crippen molar-refractivity contribution in [2.24, 2.45) is 5.41 Å². The van der Waals surface area contributed by atoms with E-state index < -0.39 is 0 Å². The first-order chi connectivity index (χ1) is 8.56. The van der Waals surface area contributed by atoms with Gasteiger partial charge in [0.15, 0.2) is 0 Å². The van der Waals surface area contributed by atoms with Crippen LogP contribution in [-0.2, 0) is 0 Å². The van der Waals surface area contributed by atoms with Gasteiger partial charge in [0, 0.05) is 15.7 Å². The van der Waals surface area contributed by atoms with E-state index in [1.165, 1.54) is 19.3 Å². The maximum atomic E-state index is 12.0. The van der Waals surface area contributed by atoms with Crippen LogP contribution in [-0.4, -0.2) is 12.5 Å². The molecule has 1 fully saturated rings. The number of amides is 1. The van der Waals surface area contributed by atoms with Gasteiger partial charge in [0.05, 0.1) is 5.02 Å². The first kappa shape index (κ1) is 14.1. The molecular weight excluding hydrogens is 361 g/mol. The van der Waals surface area contributed by atoms with Crippen molar-refractivity contribution in [1.29, 1.82) is 0 Å². The number of carbonyl (C=O) groups is 1. The van der Waals surface area contributed by atoms with E-state index in [9.17, 15) is 4.79 Å².